The van der Waals surface area contributed by atoms with E-state index in [1.165, 1.54) is 16.5 Å². The van der Waals surface area contributed by atoms with Crippen LogP contribution in [0.15, 0.2) is 28.7 Å². The fourth-order valence-corrected chi connectivity index (χ4v) is 4.01. The molecule has 0 spiro atoms. The van der Waals surface area contributed by atoms with E-state index in [1.54, 1.807) is 0 Å². The van der Waals surface area contributed by atoms with Crippen LogP contribution < -0.4 is 5.32 Å². The van der Waals surface area contributed by atoms with Gasteiger partial charge in [-0.2, -0.15) is 0 Å². The van der Waals surface area contributed by atoms with Gasteiger partial charge in [-0.15, -0.1) is 0 Å². The molecule has 0 radical (unpaired) electrons. The lowest BCUT2D eigenvalue weighted by molar-refractivity contribution is 0.0476. The van der Waals surface area contributed by atoms with Gasteiger partial charge < -0.3 is 10.1 Å². The molecule has 1 aliphatic heterocycles. The molecule has 3 heteroatoms. The van der Waals surface area contributed by atoms with Gasteiger partial charge in [-0.05, 0) is 50.8 Å². The first-order valence-electron chi connectivity index (χ1n) is 8.16. The second kappa shape index (κ2) is 7.75. The molecule has 0 bridgehead atoms. The fourth-order valence-electron chi connectivity index (χ4n) is 3.56. The van der Waals surface area contributed by atoms with Crippen molar-refractivity contribution >= 4 is 15.9 Å². The molecular weight excluding hydrogens is 326 g/mol. The first kappa shape index (κ1) is 17.0. The van der Waals surface area contributed by atoms with Crippen molar-refractivity contribution in [3.05, 3.63) is 34.3 Å². The molecule has 1 fully saturated rings. The maximum Gasteiger partial charge on any atom is 0.0597 e. The summed E-state index contributed by atoms with van der Waals surface area (Å²) >= 11 is 3.68. The molecule has 1 heterocycles. The first-order valence-corrected chi connectivity index (χ1v) is 8.96. The molecule has 1 saturated heterocycles. The normalized spacial score (nSPS) is 30.5. The molecule has 0 saturated carbocycles. The van der Waals surface area contributed by atoms with Crippen molar-refractivity contribution in [3.63, 3.8) is 0 Å². The quantitative estimate of drug-likeness (QED) is 0.817. The minimum Gasteiger partial charge on any atom is -0.375 e. The van der Waals surface area contributed by atoms with Gasteiger partial charge in [0.2, 0.25) is 0 Å². The van der Waals surface area contributed by atoms with Crippen molar-refractivity contribution in [2.75, 3.05) is 6.54 Å². The van der Waals surface area contributed by atoms with E-state index in [9.17, 15) is 0 Å². The van der Waals surface area contributed by atoms with Gasteiger partial charge in [0.15, 0.2) is 0 Å². The minimum absolute atomic E-state index is 0.326. The third kappa shape index (κ3) is 4.08. The summed E-state index contributed by atoms with van der Waals surface area (Å²) < 4.78 is 7.27. The van der Waals surface area contributed by atoms with Crippen LogP contribution in [0.3, 0.4) is 0 Å². The lowest BCUT2D eigenvalue weighted by Crippen LogP contribution is -2.43. The monoisotopic (exact) mass is 353 g/mol. The predicted molar refractivity (Wildman–Crippen MR) is 92.6 cm³/mol. The van der Waals surface area contributed by atoms with Crippen LogP contribution >= 0.6 is 15.9 Å². The van der Waals surface area contributed by atoms with Gasteiger partial charge in [0.1, 0.15) is 0 Å². The molecule has 5 atom stereocenters. The summed E-state index contributed by atoms with van der Waals surface area (Å²) in [5.74, 6) is 1.16. The van der Waals surface area contributed by atoms with Gasteiger partial charge in [0, 0.05) is 16.4 Å². The van der Waals surface area contributed by atoms with E-state index in [4.69, 9.17) is 4.74 Å². The summed E-state index contributed by atoms with van der Waals surface area (Å²) in [6.07, 6.45) is 2.90. The van der Waals surface area contributed by atoms with Crippen LogP contribution in [0.1, 0.15) is 39.7 Å². The third-order valence-corrected chi connectivity index (χ3v) is 5.61. The van der Waals surface area contributed by atoms with E-state index in [1.807, 2.05) is 0 Å². The lowest BCUT2D eigenvalue weighted by Gasteiger charge is -2.30. The van der Waals surface area contributed by atoms with Crippen LogP contribution in [0.4, 0.5) is 0 Å². The van der Waals surface area contributed by atoms with E-state index in [0.29, 0.717) is 30.1 Å². The number of halogens is 1. The summed E-state index contributed by atoms with van der Waals surface area (Å²) in [4.78, 5) is 0. The molecule has 118 valence electrons. The molecule has 0 amide bonds. The summed E-state index contributed by atoms with van der Waals surface area (Å²) in [5, 5.41) is 3.77. The van der Waals surface area contributed by atoms with Gasteiger partial charge in [-0.1, -0.05) is 48.0 Å². The summed E-state index contributed by atoms with van der Waals surface area (Å²) in [6, 6.07) is 9.02. The Kier molecular flexibility index (Phi) is 6.27. The number of ether oxygens (including phenoxy) is 1. The van der Waals surface area contributed by atoms with Crippen LogP contribution in [0.2, 0.25) is 0 Å². The smallest absolute Gasteiger partial charge is 0.0597 e. The standard InChI is InChI=1S/C18H28BrNO/c1-5-10-20-17(11-15-8-6-7-9-16(15)19)18-12(2)13(3)21-14(18)4/h6-9,12-14,17-18,20H,5,10-11H2,1-4H3. The number of nitrogens with one attached hydrogen (secondary N) is 1. The maximum absolute atomic E-state index is 6.06. The Balaban J connectivity index is 2.16. The van der Waals surface area contributed by atoms with Crippen molar-refractivity contribution < 1.29 is 4.74 Å². The third-order valence-electron chi connectivity index (χ3n) is 4.84. The molecule has 5 unspecified atom stereocenters. The summed E-state index contributed by atoms with van der Waals surface area (Å²) in [7, 11) is 0. The SMILES string of the molecule is CCCNC(Cc1ccccc1Br)C1C(C)OC(C)C1C. The highest BCUT2D eigenvalue weighted by atomic mass is 79.9. The summed E-state index contributed by atoms with van der Waals surface area (Å²) in [6.45, 7) is 10.1. The molecule has 21 heavy (non-hydrogen) atoms. The van der Waals surface area contributed by atoms with Crippen molar-refractivity contribution in [2.45, 2.75) is 58.8 Å². The van der Waals surface area contributed by atoms with Crippen LogP contribution in [0.5, 0.6) is 0 Å². The molecule has 1 aromatic carbocycles. The van der Waals surface area contributed by atoms with Crippen LogP contribution in [-0.4, -0.2) is 24.8 Å². The van der Waals surface area contributed by atoms with E-state index in [0.717, 1.165) is 13.0 Å². The molecule has 0 aromatic heterocycles. The van der Waals surface area contributed by atoms with E-state index < -0.39 is 0 Å². The second-order valence-corrected chi connectivity index (χ2v) is 7.19. The zero-order chi connectivity index (χ0) is 15.4. The average Bonchev–Trinajstić information content (AvgIpc) is 2.71. The Morgan fingerprint density at radius 2 is 1.90 bits per heavy atom. The molecule has 1 aromatic rings. The largest absolute Gasteiger partial charge is 0.375 e. The highest BCUT2D eigenvalue weighted by molar-refractivity contribution is 9.10. The topological polar surface area (TPSA) is 21.3 Å². The highest BCUT2D eigenvalue weighted by Gasteiger charge is 2.41. The Hall–Kier alpha value is -0.380. The molecular formula is C18H28BrNO. The lowest BCUT2D eigenvalue weighted by atomic mass is 9.81. The van der Waals surface area contributed by atoms with Gasteiger partial charge in [-0.25, -0.2) is 0 Å². The predicted octanol–water partition coefficient (Wildman–Crippen LogP) is 4.42. The zero-order valence-corrected chi connectivity index (χ0v) is 15.2. The van der Waals surface area contributed by atoms with Crippen LogP contribution in [-0.2, 0) is 11.2 Å². The first-order chi connectivity index (χ1) is 10.0. The van der Waals surface area contributed by atoms with Gasteiger partial charge in [0.05, 0.1) is 12.2 Å². The number of hydrogen-bond acceptors (Lipinski definition) is 2. The number of hydrogen-bond donors (Lipinski definition) is 1. The minimum atomic E-state index is 0.326. The van der Waals surface area contributed by atoms with Gasteiger partial charge >= 0.3 is 0 Å². The average molecular weight is 354 g/mol. The second-order valence-electron chi connectivity index (χ2n) is 6.34. The van der Waals surface area contributed by atoms with Crippen molar-refractivity contribution in [3.8, 4) is 0 Å². The van der Waals surface area contributed by atoms with Crippen molar-refractivity contribution in [1.82, 2.24) is 5.32 Å². The Bertz CT molecular complexity index is 451. The molecule has 2 nitrogen and oxygen atoms in total. The highest BCUT2D eigenvalue weighted by Crippen LogP contribution is 2.36. The molecule has 0 aliphatic carbocycles. The number of benzene rings is 1. The molecule has 1 aliphatic rings. The summed E-state index contributed by atoms with van der Waals surface area (Å²) in [5.41, 5.74) is 1.38. The molecule has 2 rings (SSSR count). The van der Waals surface area contributed by atoms with E-state index in [2.05, 4.69) is 73.2 Å². The van der Waals surface area contributed by atoms with Crippen molar-refractivity contribution in [1.29, 1.82) is 0 Å². The Labute approximate surface area is 137 Å². The van der Waals surface area contributed by atoms with E-state index >= 15 is 0 Å². The number of rotatable bonds is 6. The van der Waals surface area contributed by atoms with E-state index in [-0.39, 0.29) is 0 Å². The Morgan fingerprint density at radius 3 is 2.48 bits per heavy atom. The van der Waals surface area contributed by atoms with Gasteiger partial charge in [0.25, 0.3) is 0 Å². The molecule has 1 N–H and O–H groups in total. The van der Waals surface area contributed by atoms with Crippen molar-refractivity contribution in [2.24, 2.45) is 11.8 Å². The van der Waals surface area contributed by atoms with Crippen LogP contribution in [0.25, 0.3) is 0 Å². The Morgan fingerprint density at radius 1 is 1.19 bits per heavy atom. The van der Waals surface area contributed by atoms with Crippen LogP contribution in [0, 0.1) is 11.8 Å². The fraction of sp³-hybridized carbons (Fsp3) is 0.667. The zero-order valence-electron chi connectivity index (χ0n) is 13.6. The maximum atomic E-state index is 6.06. The van der Waals surface area contributed by atoms with Gasteiger partial charge in [-0.3, -0.25) is 0 Å².